The Morgan fingerprint density at radius 2 is 2.08 bits per heavy atom. The standard InChI is InChI=1S/C16H16ClFN6S/c1-10-14(7-19-23(10)2)20-16(25)21-15-12(17)9-24(22-15)8-11-5-3-4-6-13(11)18/h3-7,9H,8H2,1-2H3,(H2,20,21,22,25). The molecule has 0 radical (unpaired) electrons. The van der Waals surface area contributed by atoms with Crippen LogP contribution in [0.4, 0.5) is 15.9 Å². The SMILES string of the molecule is Cc1c(NC(=S)Nc2nn(Cc3ccccc3F)cc2Cl)cnn1C. The fourth-order valence-electron chi connectivity index (χ4n) is 2.25. The summed E-state index contributed by atoms with van der Waals surface area (Å²) in [7, 11) is 1.85. The molecule has 0 spiro atoms. The maximum atomic E-state index is 13.7. The van der Waals surface area contributed by atoms with Crippen molar-refractivity contribution in [2.24, 2.45) is 7.05 Å². The summed E-state index contributed by atoms with van der Waals surface area (Å²) in [6.45, 7) is 2.20. The summed E-state index contributed by atoms with van der Waals surface area (Å²) in [5.74, 6) is 0.116. The van der Waals surface area contributed by atoms with Crippen molar-refractivity contribution in [3.05, 3.63) is 58.8 Å². The molecule has 2 N–H and O–H groups in total. The lowest BCUT2D eigenvalue weighted by Gasteiger charge is -2.08. The highest BCUT2D eigenvalue weighted by molar-refractivity contribution is 7.80. The number of benzene rings is 1. The lowest BCUT2D eigenvalue weighted by atomic mass is 10.2. The number of anilines is 2. The second-order valence-corrected chi connectivity index (χ2v) is 6.28. The minimum absolute atomic E-state index is 0.274. The molecule has 6 nitrogen and oxygen atoms in total. The second-order valence-electron chi connectivity index (χ2n) is 5.46. The van der Waals surface area contributed by atoms with E-state index in [0.29, 0.717) is 21.5 Å². The molecular weight excluding hydrogens is 363 g/mol. The van der Waals surface area contributed by atoms with Gasteiger partial charge in [0.05, 0.1) is 24.1 Å². The number of rotatable bonds is 4. The molecule has 0 amide bonds. The van der Waals surface area contributed by atoms with Gasteiger partial charge in [-0.25, -0.2) is 4.39 Å². The van der Waals surface area contributed by atoms with Gasteiger partial charge in [0.15, 0.2) is 10.9 Å². The summed E-state index contributed by atoms with van der Waals surface area (Å²) in [5.41, 5.74) is 2.27. The first-order valence-electron chi connectivity index (χ1n) is 7.47. The van der Waals surface area contributed by atoms with Gasteiger partial charge in [0.25, 0.3) is 0 Å². The van der Waals surface area contributed by atoms with Gasteiger partial charge in [-0.2, -0.15) is 10.2 Å². The maximum absolute atomic E-state index is 13.7. The Balaban J connectivity index is 1.69. The van der Waals surface area contributed by atoms with Crippen molar-refractivity contribution < 1.29 is 4.39 Å². The van der Waals surface area contributed by atoms with Crippen molar-refractivity contribution in [2.75, 3.05) is 10.6 Å². The van der Waals surface area contributed by atoms with E-state index in [1.54, 1.807) is 40.0 Å². The Bertz CT molecular complexity index is 919. The third-order valence-corrected chi connectivity index (χ3v) is 4.20. The van der Waals surface area contributed by atoms with Crippen LogP contribution in [0.2, 0.25) is 5.02 Å². The van der Waals surface area contributed by atoms with Crippen molar-refractivity contribution in [3.8, 4) is 0 Å². The van der Waals surface area contributed by atoms with E-state index in [2.05, 4.69) is 20.8 Å². The summed E-state index contributed by atoms with van der Waals surface area (Å²) in [6.07, 6.45) is 3.30. The highest BCUT2D eigenvalue weighted by Crippen LogP contribution is 2.21. The van der Waals surface area contributed by atoms with E-state index in [4.69, 9.17) is 23.8 Å². The predicted octanol–water partition coefficient (Wildman–Crippen LogP) is 3.57. The molecule has 2 heterocycles. The first-order valence-corrected chi connectivity index (χ1v) is 8.25. The number of hydrogen-bond donors (Lipinski definition) is 2. The normalized spacial score (nSPS) is 10.7. The first-order chi connectivity index (χ1) is 11.9. The van der Waals surface area contributed by atoms with Gasteiger partial charge in [0.2, 0.25) is 0 Å². The molecule has 2 aromatic heterocycles. The van der Waals surface area contributed by atoms with Crippen molar-refractivity contribution in [3.63, 3.8) is 0 Å². The molecule has 0 saturated carbocycles. The van der Waals surface area contributed by atoms with Crippen LogP contribution in [0.1, 0.15) is 11.3 Å². The highest BCUT2D eigenvalue weighted by Gasteiger charge is 2.12. The topological polar surface area (TPSA) is 59.7 Å². The molecule has 9 heteroatoms. The third kappa shape index (κ3) is 3.97. The van der Waals surface area contributed by atoms with Crippen molar-refractivity contribution >= 4 is 40.4 Å². The molecule has 3 aromatic rings. The Morgan fingerprint density at radius 1 is 1.32 bits per heavy atom. The van der Waals surface area contributed by atoms with Crippen LogP contribution in [0.3, 0.4) is 0 Å². The van der Waals surface area contributed by atoms with Crippen LogP contribution >= 0.6 is 23.8 Å². The van der Waals surface area contributed by atoms with E-state index < -0.39 is 0 Å². The van der Waals surface area contributed by atoms with Gasteiger partial charge in [-0.1, -0.05) is 29.8 Å². The Morgan fingerprint density at radius 3 is 2.76 bits per heavy atom. The van der Waals surface area contributed by atoms with E-state index in [9.17, 15) is 4.39 Å². The average molecular weight is 379 g/mol. The maximum Gasteiger partial charge on any atom is 0.176 e. The van der Waals surface area contributed by atoms with E-state index >= 15 is 0 Å². The smallest absolute Gasteiger partial charge is 0.176 e. The van der Waals surface area contributed by atoms with Crippen LogP contribution in [-0.4, -0.2) is 24.7 Å². The quantitative estimate of drug-likeness (QED) is 0.679. The number of nitrogens with zero attached hydrogens (tertiary/aromatic N) is 4. The highest BCUT2D eigenvalue weighted by atomic mass is 35.5. The molecule has 1 aromatic carbocycles. The zero-order valence-electron chi connectivity index (χ0n) is 13.6. The molecule has 3 rings (SSSR count). The molecule has 130 valence electrons. The van der Waals surface area contributed by atoms with Crippen LogP contribution in [0, 0.1) is 12.7 Å². The number of hydrogen-bond acceptors (Lipinski definition) is 3. The van der Waals surface area contributed by atoms with Gasteiger partial charge in [-0.05, 0) is 25.2 Å². The molecule has 0 aliphatic rings. The average Bonchev–Trinajstić information content (AvgIpc) is 3.06. The molecule has 0 fully saturated rings. The van der Waals surface area contributed by atoms with E-state index in [1.807, 2.05) is 14.0 Å². The van der Waals surface area contributed by atoms with Crippen molar-refractivity contribution in [1.82, 2.24) is 19.6 Å². The molecule has 0 saturated heterocycles. The first kappa shape index (κ1) is 17.4. The number of aromatic nitrogens is 4. The number of aryl methyl sites for hydroxylation is 1. The van der Waals surface area contributed by atoms with E-state index in [1.165, 1.54) is 6.07 Å². The van der Waals surface area contributed by atoms with Crippen LogP contribution in [0.15, 0.2) is 36.7 Å². The lowest BCUT2D eigenvalue weighted by molar-refractivity contribution is 0.586. The zero-order valence-corrected chi connectivity index (χ0v) is 15.2. The lowest BCUT2D eigenvalue weighted by Crippen LogP contribution is -2.20. The van der Waals surface area contributed by atoms with Gasteiger partial charge in [0.1, 0.15) is 10.8 Å². The van der Waals surface area contributed by atoms with Gasteiger partial charge >= 0.3 is 0 Å². The van der Waals surface area contributed by atoms with E-state index in [-0.39, 0.29) is 12.4 Å². The molecule has 0 atom stereocenters. The van der Waals surface area contributed by atoms with Gasteiger partial charge in [-0.15, -0.1) is 0 Å². The van der Waals surface area contributed by atoms with Gasteiger partial charge in [0, 0.05) is 18.8 Å². The Labute approximate surface area is 154 Å². The molecule has 25 heavy (non-hydrogen) atoms. The minimum Gasteiger partial charge on any atom is -0.330 e. The largest absolute Gasteiger partial charge is 0.330 e. The Hall–Kier alpha value is -2.45. The number of nitrogens with one attached hydrogen (secondary N) is 2. The molecule has 0 bridgehead atoms. The zero-order chi connectivity index (χ0) is 18.0. The summed E-state index contributed by atoms with van der Waals surface area (Å²) in [6, 6.07) is 6.54. The number of halogens is 2. The van der Waals surface area contributed by atoms with E-state index in [0.717, 1.165) is 11.4 Å². The van der Waals surface area contributed by atoms with Crippen molar-refractivity contribution in [1.29, 1.82) is 0 Å². The van der Waals surface area contributed by atoms with Gasteiger partial charge < -0.3 is 10.6 Å². The van der Waals surface area contributed by atoms with Crippen LogP contribution in [0.25, 0.3) is 0 Å². The molecule has 0 aliphatic carbocycles. The summed E-state index contributed by atoms with van der Waals surface area (Å²) >= 11 is 11.5. The summed E-state index contributed by atoms with van der Waals surface area (Å²) in [4.78, 5) is 0. The van der Waals surface area contributed by atoms with Gasteiger partial charge in [-0.3, -0.25) is 9.36 Å². The Kier molecular flexibility index (Phi) is 5.00. The molecule has 0 aliphatic heterocycles. The van der Waals surface area contributed by atoms with Crippen LogP contribution in [0.5, 0.6) is 0 Å². The number of thiocarbonyl (C=S) groups is 1. The summed E-state index contributed by atoms with van der Waals surface area (Å²) in [5, 5.41) is 15.2. The third-order valence-electron chi connectivity index (χ3n) is 3.72. The fraction of sp³-hybridized carbons (Fsp3) is 0.188. The van der Waals surface area contributed by atoms with Crippen LogP contribution in [-0.2, 0) is 13.6 Å². The van der Waals surface area contributed by atoms with Crippen molar-refractivity contribution in [2.45, 2.75) is 13.5 Å². The summed E-state index contributed by atoms with van der Waals surface area (Å²) < 4.78 is 17.0. The van der Waals surface area contributed by atoms with Crippen LogP contribution < -0.4 is 10.6 Å². The monoisotopic (exact) mass is 378 g/mol. The molecular formula is C16H16ClFN6S. The minimum atomic E-state index is -0.284. The predicted molar refractivity (Wildman–Crippen MR) is 101 cm³/mol. The fourth-order valence-corrected chi connectivity index (χ4v) is 2.65. The second kappa shape index (κ2) is 7.20. The molecule has 0 unspecified atom stereocenters.